The van der Waals surface area contributed by atoms with Crippen LogP contribution in [-0.2, 0) is 4.79 Å². The molecular weight excluding hydrogens is 336 g/mol. The molecule has 3 N–H and O–H groups in total. The second-order valence-electron chi connectivity index (χ2n) is 6.00. The van der Waals surface area contributed by atoms with E-state index in [-0.39, 0.29) is 23.6 Å². The molecule has 0 bridgehead atoms. The van der Waals surface area contributed by atoms with Crippen molar-refractivity contribution < 1.29 is 9.59 Å². The third kappa shape index (κ3) is 3.63. The number of carbonyl (C=O) groups is 2. The number of aromatic nitrogens is 6. The molecule has 3 rings (SSSR count). The van der Waals surface area contributed by atoms with E-state index in [2.05, 4.69) is 30.6 Å². The van der Waals surface area contributed by atoms with Gasteiger partial charge in [0.25, 0.3) is 5.91 Å². The highest BCUT2D eigenvalue weighted by Gasteiger charge is 2.18. The highest BCUT2D eigenvalue weighted by molar-refractivity contribution is 5.92. The van der Waals surface area contributed by atoms with Gasteiger partial charge in [-0.15, -0.1) is 10.2 Å². The molecule has 0 saturated carbocycles. The molecule has 0 aliphatic heterocycles. The predicted octanol–water partition coefficient (Wildman–Crippen LogP) is 0.211. The smallest absolute Gasteiger partial charge is 0.271 e. The molecule has 10 nitrogen and oxygen atoms in total. The Morgan fingerprint density at radius 3 is 2.62 bits per heavy atom. The lowest BCUT2D eigenvalue weighted by molar-refractivity contribution is -0.121. The van der Waals surface area contributed by atoms with Gasteiger partial charge in [0, 0.05) is 24.4 Å². The Bertz CT molecular complexity index is 940. The van der Waals surface area contributed by atoms with Gasteiger partial charge in [0.15, 0.2) is 11.5 Å². The minimum atomic E-state index is -0.400. The first-order valence-electron chi connectivity index (χ1n) is 8.05. The van der Waals surface area contributed by atoms with Crippen molar-refractivity contribution in [2.75, 3.05) is 0 Å². The van der Waals surface area contributed by atoms with Gasteiger partial charge in [-0.3, -0.25) is 9.59 Å². The van der Waals surface area contributed by atoms with Crippen molar-refractivity contribution in [1.29, 1.82) is 0 Å². The van der Waals surface area contributed by atoms with E-state index in [1.165, 1.54) is 4.52 Å². The standard InChI is InChI=1S/C16H18N8O2/c1-9(13(17)25)8-10(2)20-16(26)11-4-5-12-21-22-15(24(12)23-11)14-18-6-3-7-19-14/h3-7,9-10H,8H2,1-2H3,(H2,17,25)(H,20,26). The fourth-order valence-electron chi connectivity index (χ4n) is 2.47. The summed E-state index contributed by atoms with van der Waals surface area (Å²) in [5.74, 6) is -0.410. The van der Waals surface area contributed by atoms with Crippen molar-refractivity contribution >= 4 is 17.5 Å². The summed E-state index contributed by atoms with van der Waals surface area (Å²) in [5.41, 5.74) is 5.92. The fraction of sp³-hybridized carbons (Fsp3) is 0.312. The second-order valence-corrected chi connectivity index (χ2v) is 6.00. The van der Waals surface area contributed by atoms with E-state index < -0.39 is 5.91 Å². The molecular formula is C16H18N8O2. The molecule has 2 unspecified atom stereocenters. The average molecular weight is 354 g/mol. The van der Waals surface area contributed by atoms with E-state index in [0.717, 1.165) is 0 Å². The largest absolute Gasteiger partial charge is 0.369 e. The molecule has 26 heavy (non-hydrogen) atoms. The van der Waals surface area contributed by atoms with Gasteiger partial charge in [-0.25, -0.2) is 9.97 Å². The maximum Gasteiger partial charge on any atom is 0.271 e. The Morgan fingerprint density at radius 2 is 1.92 bits per heavy atom. The maximum absolute atomic E-state index is 12.4. The minimum Gasteiger partial charge on any atom is -0.369 e. The molecule has 3 aromatic heterocycles. The highest BCUT2D eigenvalue weighted by atomic mass is 16.2. The molecule has 0 spiro atoms. The van der Waals surface area contributed by atoms with Gasteiger partial charge < -0.3 is 11.1 Å². The zero-order chi connectivity index (χ0) is 18.7. The van der Waals surface area contributed by atoms with Gasteiger partial charge in [-0.05, 0) is 31.5 Å². The highest BCUT2D eigenvalue weighted by Crippen LogP contribution is 2.12. The summed E-state index contributed by atoms with van der Waals surface area (Å²) < 4.78 is 1.42. The van der Waals surface area contributed by atoms with Crippen LogP contribution in [-0.4, -0.2) is 47.6 Å². The topological polar surface area (TPSA) is 141 Å². The number of fused-ring (bicyclic) bond motifs is 1. The number of rotatable bonds is 6. The average Bonchev–Trinajstić information content (AvgIpc) is 3.05. The van der Waals surface area contributed by atoms with Crippen molar-refractivity contribution in [1.82, 2.24) is 35.1 Å². The van der Waals surface area contributed by atoms with E-state index >= 15 is 0 Å². The van der Waals surface area contributed by atoms with Crippen LogP contribution in [0.25, 0.3) is 17.3 Å². The summed E-state index contributed by atoms with van der Waals surface area (Å²) in [6, 6.07) is 4.64. The van der Waals surface area contributed by atoms with Crippen LogP contribution in [0.1, 0.15) is 30.8 Å². The normalized spacial score (nSPS) is 13.3. The lowest BCUT2D eigenvalue weighted by Gasteiger charge is -2.16. The Kier molecular flexibility index (Phi) is 4.83. The van der Waals surface area contributed by atoms with Gasteiger partial charge in [0.1, 0.15) is 5.69 Å². The molecule has 134 valence electrons. The van der Waals surface area contributed by atoms with Gasteiger partial charge in [0.05, 0.1) is 0 Å². The van der Waals surface area contributed by atoms with Gasteiger partial charge >= 0.3 is 0 Å². The van der Waals surface area contributed by atoms with Crippen LogP contribution >= 0.6 is 0 Å². The van der Waals surface area contributed by atoms with Crippen LogP contribution in [0, 0.1) is 5.92 Å². The number of primary amides is 1. The summed E-state index contributed by atoms with van der Waals surface area (Å²) in [6.07, 6.45) is 3.61. The summed E-state index contributed by atoms with van der Waals surface area (Å²) in [6.45, 7) is 3.52. The second kappa shape index (κ2) is 7.21. The van der Waals surface area contributed by atoms with E-state index in [0.29, 0.717) is 23.7 Å². The number of nitrogens with zero attached hydrogens (tertiary/aromatic N) is 6. The van der Waals surface area contributed by atoms with Crippen molar-refractivity contribution in [3.05, 3.63) is 36.3 Å². The summed E-state index contributed by atoms with van der Waals surface area (Å²) >= 11 is 0. The first-order chi connectivity index (χ1) is 12.5. The van der Waals surface area contributed by atoms with Crippen LogP contribution in [0.15, 0.2) is 30.6 Å². The Hall–Kier alpha value is -3.43. The molecule has 0 aliphatic carbocycles. The van der Waals surface area contributed by atoms with Crippen molar-refractivity contribution in [2.24, 2.45) is 11.7 Å². The first-order valence-corrected chi connectivity index (χ1v) is 8.05. The van der Waals surface area contributed by atoms with Crippen LogP contribution in [0.5, 0.6) is 0 Å². The molecule has 0 saturated heterocycles. The molecule has 0 aliphatic rings. The third-order valence-electron chi connectivity index (χ3n) is 3.83. The maximum atomic E-state index is 12.4. The van der Waals surface area contributed by atoms with E-state index in [9.17, 15) is 9.59 Å². The Morgan fingerprint density at radius 1 is 1.19 bits per heavy atom. The Labute approximate surface area is 148 Å². The van der Waals surface area contributed by atoms with Crippen LogP contribution in [0.3, 0.4) is 0 Å². The minimum absolute atomic E-state index is 0.188. The van der Waals surface area contributed by atoms with Crippen LogP contribution < -0.4 is 11.1 Å². The van der Waals surface area contributed by atoms with Crippen molar-refractivity contribution in [3.63, 3.8) is 0 Å². The monoisotopic (exact) mass is 354 g/mol. The quantitative estimate of drug-likeness (QED) is 0.644. The van der Waals surface area contributed by atoms with Crippen molar-refractivity contribution in [2.45, 2.75) is 26.3 Å². The van der Waals surface area contributed by atoms with E-state index in [1.54, 1.807) is 44.4 Å². The molecule has 10 heteroatoms. The van der Waals surface area contributed by atoms with Gasteiger partial charge in [-0.1, -0.05) is 6.92 Å². The molecule has 2 atom stereocenters. The first kappa shape index (κ1) is 17.4. The lowest BCUT2D eigenvalue weighted by Crippen LogP contribution is -2.36. The van der Waals surface area contributed by atoms with E-state index in [1.807, 2.05) is 0 Å². The summed E-state index contributed by atoms with van der Waals surface area (Å²) in [5, 5.41) is 15.1. The molecule has 0 fully saturated rings. The van der Waals surface area contributed by atoms with E-state index in [4.69, 9.17) is 5.73 Å². The lowest BCUT2D eigenvalue weighted by atomic mass is 10.0. The number of nitrogens with two attached hydrogens (primary N) is 1. The summed E-state index contributed by atoms with van der Waals surface area (Å²) in [7, 11) is 0. The van der Waals surface area contributed by atoms with Gasteiger partial charge in [0.2, 0.25) is 11.7 Å². The van der Waals surface area contributed by atoms with Crippen LogP contribution in [0.4, 0.5) is 0 Å². The summed E-state index contributed by atoms with van der Waals surface area (Å²) in [4.78, 5) is 31.8. The number of hydrogen-bond acceptors (Lipinski definition) is 7. The third-order valence-corrected chi connectivity index (χ3v) is 3.83. The fourth-order valence-corrected chi connectivity index (χ4v) is 2.47. The number of hydrogen-bond donors (Lipinski definition) is 2. The number of nitrogens with one attached hydrogen (secondary N) is 1. The van der Waals surface area contributed by atoms with Gasteiger partial charge in [-0.2, -0.15) is 9.61 Å². The zero-order valence-electron chi connectivity index (χ0n) is 14.3. The predicted molar refractivity (Wildman–Crippen MR) is 91.7 cm³/mol. The molecule has 0 aromatic carbocycles. The Balaban J connectivity index is 1.82. The molecule has 0 radical (unpaired) electrons. The molecule has 3 aromatic rings. The molecule has 2 amide bonds. The van der Waals surface area contributed by atoms with Crippen molar-refractivity contribution in [3.8, 4) is 11.6 Å². The SMILES string of the molecule is CC(CC(C)C(N)=O)NC(=O)c1ccc2nnc(-c3ncccn3)n2n1. The number of amides is 2. The molecule has 3 heterocycles. The zero-order valence-corrected chi connectivity index (χ0v) is 14.3. The van der Waals surface area contributed by atoms with Crippen LogP contribution in [0.2, 0.25) is 0 Å². The number of carbonyl (C=O) groups excluding carboxylic acids is 2.